The molecule has 23 heavy (non-hydrogen) atoms. The first-order valence-electron chi connectivity index (χ1n) is 7.33. The van der Waals surface area contributed by atoms with Crippen LogP contribution in [0.2, 0.25) is 0 Å². The molecule has 128 valence electrons. The number of halogens is 2. The zero-order valence-corrected chi connectivity index (χ0v) is 18.6. The van der Waals surface area contributed by atoms with Gasteiger partial charge in [0.2, 0.25) is 0 Å². The van der Waals surface area contributed by atoms with Gasteiger partial charge in [-0.05, 0) is 5.41 Å². The van der Waals surface area contributed by atoms with Crippen molar-refractivity contribution in [1.82, 2.24) is 0 Å². The van der Waals surface area contributed by atoms with Gasteiger partial charge in [-0.3, -0.25) is 6.08 Å². The minimum absolute atomic E-state index is 0. The Morgan fingerprint density at radius 2 is 1.48 bits per heavy atom. The van der Waals surface area contributed by atoms with Crippen LogP contribution in [0.1, 0.15) is 61.0 Å². The number of allylic oxidation sites excluding steroid dienone is 4. The molecule has 0 nitrogen and oxygen atoms in total. The number of hydrogen-bond acceptors (Lipinski definition) is 0. The van der Waals surface area contributed by atoms with Crippen LogP contribution in [0, 0.1) is 17.6 Å². The predicted molar refractivity (Wildman–Crippen MR) is 88.6 cm³/mol. The number of benzene rings is 1. The maximum atomic E-state index is 3.44. The molecule has 0 heterocycles. The monoisotopic (exact) mass is 386 g/mol. The SMILES string of the molecule is CC(C)(C)c1[c-]cccc1.CC1=[C-]C(C)(C)C(C)=C1C.[Cl-].[Cl-].[Ti+2]. The van der Waals surface area contributed by atoms with Crippen molar-refractivity contribution < 1.29 is 46.5 Å². The zero-order valence-electron chi connectivity index (χ0n) is 15.6. The molecule has 0 aliphatic heterocycles. The van der Waals surface area contributed by atoms with E-state index in [-0.39, 0.29) is 57.4 Å². The third-order valence-corrected chi connectivity index (χ3v) is 4.08. The molecule has 0 saturated carbocycles. The van der Waals surface area contributed by atoms with Gasteiger partial charge in [-0.25, -0.2) is 5.57 Å². The molecule has 0 amide bonds. The van der Waals surface area contributed by atoms with Gasteiger partial charge < -0.3 is 24.8 Å². The molecular weight excluding hydrogens is 359 g/mol. The molecule has 0 unspecified atom stereocenters. The molecule has 1 aromatic carbocycles. The van der Waals surface area contributed by atoms with E-state index >= 15 is 0 Å². The Morgan fingerprint density at radius 1 is 0.957 bits per heavy atom. The molecule has 1 aromatic rings. The Morgan fingerprint density at radius 3 is 1.65 bits per heavy atom. The molecule has 0 bridgehead atoms. The molecule has 0 spiro atoms. The normalized spacial score (nSPS) is 15.2. The summed E-state index contributed by atoms with van der Waals surface area (Å²) in [6.07, 6.45) is 3.44. The van der Waals surface area contributed by atoms with Gasteiger partial charge in [0.15, 0.2) is 0 Å². The summed E-state index contributed by atoms with van der Waals surface area (Å²) in [6, 6.07) is 11.3. The Balaban J connectivity index is -0.000000308. The second-order valence-electron chi connectivity index (χ2n) is 7.15. The standard InChI is InChI=1S/C10H15.C10H13.2ClH.Ti/c1-7-6-10(4,5)9(3)8(7)2;1-10(2,3)9-7-5-4-6-8-9;;;/h1-5H3;4-7H,1-3H3;2*1H;/q2*-1;;;+2/p-2. The summed E-state index contributed by atoms with van der Waals surface area (Å²) in [5.41, 5.74) is 5.91. The van der Waals surface area contributed by atoms with E-state index in [0.29, 0.717) is 0 Å². The van der Waals surface area contributed by atoms with Gasteiger partial charge in [-0.15, -0.1) is 6.92 Å². The fourth-order valence-corrected chi connectivity index (χ4v) is 2.27. The fourth-order valence-electron chi connectivity index (χ4n) is 2.27. The Hall–Kier alpha value is -0.00571. The molecule has 0 aromatic heterocycles. The van der Waals surface area contributed by atoms with Crippen LogP contribution in [0.4, 0.5) is 0 Å². The third-order valence-electron chi connectivity index (χ3n) is 4.08. The molecule has 0 atom stereocenters. The van der Waals surface area contributed by atoms with Crippen molar-refractivity contribution in [2.24, 2.45) is 5.41 Å². The van der Waals surface area contributed by atoms with Gasteiger partial charge in [-0.1, -0.05) is 53.9 Å². The van der Waals surface area contributed by atoms with Crippen molar-refractivity contribution in [3.63, 3.8) is 0 Å². The van der Waals surface area contributed by atoms with E-state index in [1.807, 2.05) is 12.1 Å². The second-order valence-corrected chi connectivity index (χ2v) is 7.15. The Kier molecular flexibility index (Phi) is 13.0. The van der Waals surface area contributed by atoms with Crippen LogP contribution in [0.5, 0.6) is 0 Å². The van der Waals surface area contributed by atoms with Gasteiger partial charge in [0.25, 0.3) is 0 Å². The first-order valence-corrected chi connectivity index (χ1v) is 7.33. The quantitative estimate of drug-likeness (QED) is 0.431. The van der Waals surface area contributed by atoms with Gasteiger partial charge in [0.1, 0.15) is 0 Å². The van der Waals surface area contributed by atoms with Crippen molar-refractivity contribution in [1.29, 1.82) is 0 Å². The topological polar surface area (TPSA) is 0 Å². The zero-order chi connectivity index (χ0) is 15.6. The van der Waals surface area contributed by atoms with Gasteiger partial charge in [0.05, 0.1) is 0 Å². The van der Waals surface area contributed by atoms with Crippen LogP contribution in [0.15, 0.2) is 41.0 Å². The van der Waals surface area contributed by atoms with Crippen molar-refractivity contribution >= 4 is 0 Å². The van der Waals surface area contributed by atoms with Gasteiger partial charge in [-0.2, -0.15) is 47.0 Å². The molecule has 0 saturated heterocycles. The molecule has 1 aliphatic carbocycles. The summed E-state index contributed by atoms with van der Waals surface area (Å²) in [7, 11) is 0. The van der Waals surface area contributed by atoms with Crippen LogP contribution in [0.3, 0.4) is 0 Å². The van der Waals surface area contributed by atoms with E-state index in [2.05, 4.69) is 79.7 Å². The number of rotatable bonds is 0. The van der Waals surface area contributed by atoms with Crippen molar-refractivity contribution in [2.75, 3.05) is 0 Å². The number of hydrogen-bond donors (Lipinski definition) is 0. The Labute approximate surface area is 170 Å². The summed E-state index contributed by atoms with van der Waals surface area (Å²) in [5.74, 6) is 0. The Bertz CT molecular complexity index is 520. The van der Waals surface area contributed by atoms with Crippen molar-refractivity contribution in [3.8, 4) is 0 Å². The molecular formula is C20H28Cl2Ti-2. The summed E-state index contributed by atoms with van der Waals surface area (Å²) < 4.78 is 0. The van der Waals surface area contributed by atoms with Crippen molar-refractivity contribution in [2.45, 2.75) is 60.8 Å². The van der Waals surface area contributed by atoms with Crippen molar-refractivity contribution in [3.05, 3.63) is 58.7 Å². The molecule has 3 heteroatoms. The molecule has 2 rings (SSSR count). The van der Waals surface area contributed by atoms with Gasteiger partial charge >= 0.3 is 21.7 Å². The molecule has 1 aliphatic rings. The summed E-state index contributed by atoms with van der Waals surface area (Å²) in [4.78, 5) is 0. The van der Waals surface area contributed by atoms with E-state index in [9.17, 15) is 0 Å². The summed E-state index contributed by atoms with van der Waals surface area (Å²) >= 11 is 0. The van der Waals surface area contributed by atoms with Crippen LogP contribution in [0.25, 0.3) is 0 Å². The van der Waals surface area contributed by atoms with Crippen LogP contribution >= 0.6 is 0 Å². The fraction of sp³-hybridized carbons (Fsp3) is 0.500. The third kappa shape index (κ3) is 8.08. The maximum absolute atomic E-state index is 3.44. The minimum Gasteiger partial charge on any atom is -1.00 e. The summed E-state index contributed by atoms with van der Waals surface area (Å²) in [5, 5.41) is 0. The average molecular weight is 387 g/mol. The van der Waals surface area contributed by atoms with E-state index in [1.165, 1.54) is 22.3 Å². The average Bonchev–Trinajstić information content (AvgIpc) is 2.53. The van der Waals surface area contributed by atoms with E-state index in [0.717, 1.165) is 0 Å². The molecule has 0 N–H and O–H groups in total. The summed E-state index contributed by atoms with van der Waals surface area (Å²) in [6.45, 7) is 17.5. The minimum atomic E-state index is 0. The van der Waals surface area contributed by atoms with Gasteiger partial charge in [0, 0.05) is 0 Å². The van der Waals surface area contributed by atoms with E-state index < -0.39 is 0 Å². The first kappa shape index (κ1) is 27.8. The second kappa shape index (κ2) is 10.8. The predicted octanol–water partition coefficient (Wildman–Crippen LogP) is -0.0981. The largest absolute Gasteiger partial charge is 2.00 e. The maximum Gasteiger partial charge on any atom is 2.00 e. The van der Waals surface area contributed by atoms with E-state index in [4.69, 9.17) is 0 Å². The van der Waals surface area contributed by atoms with Crippen LogP contribution < -0.4 is 24.8 Å². The van der Waals surface area contributed by atoms with Crippen LogP contribution in [-0.2, 0) is 27.1 Å². The first-order chi connectivity index (χ1) is 9.05. The smallest absolute Gasteiger partial charge is 1.00 e. The van der Waals surface area contributed by atoms with Crippen LogP contribution in [-0.4, -0.2) is 0 Å². The molecule has 0 radical (unpaired) electrons. The van der Waals surface area contributed by atoms with E-state index in [1.54, 1.807) is 0 Å². The molecule has 0 fully saturated rings.